The number of anilines is 1. The summed E-state index contributed by atoms with van der Waals surface area (Å²) in [6, 6.07) is 5.80. The van der Waals surface area contributed by atoms with Crippen LogP contribution in [0.4, 0.5) is 5.69 Å². The van der Waals surface area contributed by atoms with Crippen LogP contribution in [0, 0.1) is 5.92 Å². The first kappa shape index (κ1) is 12.9. The first-order chi connectivity index (χ1) is 8.59. The lowest BCUT2D eigenvalue weighted by atomic mass is 9.97. The lowest BCUT2D eigenvalue weighted by Gasteiger charge is -2.22. The highest BCUT2D eigenvalue weighted by Gasteiger charge is 2.20. The summed E-state index contributed by atoms with van der Waals surface area (Å²) in [7, 11) is 0. The van der Waals surface area contributed by atoms with Crippen LogP contribution < -0.4 is 5.32 Å². The molecular weight excluding hydrogens is 226 g/mol. The quantitative estimate of drug-likeness (QED) is 0.833. The summed E-state index contributed by atoms with van der Waals surface area (Å²) >= 11 is 0. The fraction of sp³-hybridized carbons (Fsp3) is 0.533. The van der Waals surface area contributed by atoms with Crippen LogP contribution in [0.25, 0.3) is 0 Å². The average Bonchev–Trinajstić information content (AvgIpc) is 2.37. The van der Waals surface area contributed by atoms with Gasteiger partial charge in [0.2, 0.25) is 0 Å². The number of hydrogen-bond acceptors (Lipinski definition) is 3. The molecule has 0 aliphatic carbocycles. The van der Waals surface area contributed by atoms with Crippen molar-refractivity contribution in [3.8, 4) is 0 Å². The number of nitrogens with one attached hydrogen (secondary N) is 1. The maximum absolute atomic E-state index is 12.2. The highest BCUT2D eigenvalue weighted by molar-refractivity contribution is 5.93. The van der Waals surface area contributed by atoms with Gasteiger partial charge in [-0.25, -0.2) is 4.79 Å². The van der Waals surface area contributed by atoms with Gasteiger partial charge in [-0.15, -0.1) is 0 Å². The molecule has 0 fully saturated rings. The molecule has 0 spiro atoms. The van der Waals surface area contributed by atoms with Crippen LogP contribution in [0.5, 0.6) is 0 Å². The third-order valence-electron chi connectivity index (χ3n) is 3.55. The van der Waals surface area contributed by atoms with Crippen molar-refractivity contribution in [1.82, 2.24) is 0 Å². The second-order valence-electron chi connectivity index (χ2n) is 5.22. The van der Waals surface area contributed by atoms with E-state index in [9.17, 15) is 4.79 Å². The van der Waals surface area contributed by atoms with Crippen LogP contribution in [0.1, 0.15) is 43.1 Å². The molecule has 1 atom stereocenters. The third kappa shape index (κ3) is 2.66. The smallest absolute Gasteiger partial charge is 0.338 e. The lowest BCUT2D eigenvalue weighted by Crippen LogP contribution is -2.22. The molecule has 98 valence electrons. The Kier molecular flexibility index (Phi) is 3.90. The average molecular weight is 247 g/mol. The molecule has 2 rings (SSSR count). The van der Waals surface area contributed by atoms with Gasteiger partial charge in [0.15, 0.2) is 0 Å². The van der Waals surface area contributed by atoms with Crippen molar-refractivity contribution in [1.29, 1.82) is 0 Å². The maximum atomic E-state index is 12.2. The summed E-state index contributed by atoms with van der Waals surface area (Å²) in [4.78, 5) is 12.2. The van der Waals surface area contributed by atoms with E-state index in [2.05, 4.69) is 19.2 Å². The van der Waals surface area contributed by atoms with E-state index in [0.717, 1.165) is 30.6 Å². The summed E-state index contributed by atoms with van der Waals surface area (Å²) in [5, 5.41) is 3.33. The molecule has 0 amide bonds. The number of ether oxygens (including phenoxy) is 1. The van der Waals surface area contributed by atoms with Crippen LogP contribution in [-0.4, -0.2) is 18.6 Å². The Hall–Kier alpha value is -1.51. The number of carbonyl (C=O) groups is 1. The predicted molar refractivity (Wildman–Crippen MR) is 73.0 cm³/mol. The normalized spacial score (nSPS) is 15.8. The van der Waals surface area contributed by atoms with E-state index in [1.807, 2.05) is 25.1 Å². The Morgan fingerprint density at radius 2 is 2.11 bits per heavy atom. The fourth-order valence-electron chi connectivity index (χ4n) is 2.07. The van der Waals surface area contributed by atoms with E-state index in [-0.39, 0.29) is 12.1 Å². The third-order valence-corrected chi connectivity index (χ3v) is 3.55. The van der Waals surface area contributed by atoms with Crippen molar-refractivity contribution < 1.29 is 9.53 Å². The molecule has 0 saturated heterocycles. The molecule has 1 heterocycles. The number of carbonyl (C=O) groups excluding carboxylic acids is 1. The van der Waals surface area contributed by atoms with E-state index in [1.54, 1.807) is 0 Å². The fourth-order valence-corrected chi connectivity index (χ4v) is 2.07. The van der Waals surface area contributed by atoms with Crippen LogP contribution in [0.15, 0.2) is 18.2 Å². The lowest BCUT2D eigenvalue weighted by molar-refractivity contribution is 0.0237. The standard InChI is InChI=1S/C15H21NO2/c1-10(2)11(3)18-15(17)13-6-4-8-14-12(13)7-5-9-16-14/h4,6,8,10-11,16H,5,7,9H2,1-3H3. The molecule has 1 aliphatic heterocycles. The Balaban J connectivity index is 2.20. The topological polar surface area (TPSA) is 38.3 Å². The first-order valence-corrected chi connectivity index (χ1v) is 6.66. The van der Waals surface area contributed by atoms with E-state index in [0.29, 0.717) is 11.5 Å². The first-order valence-electron chi connectivity index (χ1n) is 6.66. The van der Waals surface area contributed by atoms with Gasteiger partial charge in [0.25, 0.3) is 0 Å². The van der Waals surface area contributed by atoms with E-state index in [1.165, 1.54) is 0 Å². The number of esters is 1. The Labute approximate surface area is 109 Å². The molecule has 1 aromatic carbocycles. The molecule has 3 nitrogen and oxygen atoms in total. The van der Waals surface area contributed by atoms with Gasteiger partial charge in [-0.3, -0.25) is 0 Å². The van der Waals surface area contributed by atoms with Crippen molar-refractivity contribution in [3.63, 3.8) is 0 Å². The maximum Gasteiger partial charge on any atom is 0.338 e. The molecular formula is C15H21NO2. The van der Waals surface area contributed by atoms with E-state index >= 15 is 0 Å². The van der Waals surface area contributed by atoms with E-state index < -0.39 is 0 Å². The second kappa shape index (κ2) is 5.42. The zero-order valence-electron chi connectivity index (χ0n) is 11.3. The Bertz CT molecular complexity index is 440. The van der Waals surface area contributed by atoms with Crippen LogP contribution in [0.2, 0.25) is 0 Å². The van der Waals surface area contributed by atoms with Gasteiger partial charge in [-0.05, 0) is 43.4 Å². The van der Waals surface area contributed by atoms with Crippen LogP contribution >= 0.6 is 0 Å². The zero-order valence-corrected chi connectivity index (χ0v) is 11.3. The van der Waals surface area contributed by atoms with Gasteiger partial charge in [-0.1, -0.05) is 19.9 Å². The SMILES string of the molecule is CC(C)C(C)OC(=O)c1cccc2c1CCCN2. The van der Waals surface area contributed by atoms with Crippen LogP contribution in [0.3, 0.4) is 0 Å². The molecule has 0 bridgehead atoms. The molecule has 0 saturated carbocycles. The highest BCUT2D eigenvalue weighted by Crippen LogP contribution is 2.26. The van der Waals surface area contributed by atoms with Crippen molar-refractivity contribution >= 4 is 11.7 Å². The second-order valence-corrected chi connectivity index (χ2v) is 5.22. The Morgan fingerprint density at radius 3 is 2.83 bits per heavy atom. The summed E-state index contributed by atoms with van der Waals surface area (Å²) in [5.74, 6) is 0.142. The molecule has 18 heavy (non-hydrogen) atoms. The van der Waals surface area contributed by atoms with Gasteiger partial charge in [0.05, 0.1) is 5.56 Å². The molecule has 1 aromatic rings. The summed E-state index contributed by atoms with van der Waals surface area (Å²) in [5.41, 5.74) is 2.89. The van der Waals surface area contributed by atoms with Gasteiger partial charge < -0.3 is 10.1 Å². The highest BCUT2D eigenvalue weighted by atomic mass is 16.5. The molecule has 3 heteroatoms. The number of hydrogen-bond donors (Lipinski definition) is 1. The van der Waals surface area contributed by atoms with Gasteiger partial charge in [0.1, 0.15) is 6.10 Å². The summed E-state index contributed by atoms with van der Waals surface area (Å²) in [6.45, 7) is 7.03. The molecule has 0 aromatic heterocycles. The van der Waals surface area contributed by atoms with Gasteiger partial charge >= 0.3 is 5.97 Å². The van der Waals surface area contributed by atoms with Crippen molar-refractivity contribution in [2.24, 2.45) is 5.92 Å². The van der Waals surface area contributed by atoms with Crippen molar-refractivity contribution in [2.75, 3.05) is 11.9 Å². The predicted octanol–water partition coefficient (Wildman–Crippen LogP) is 3.25. The summed E-state index contributed by atoms with van der Waals surface area (Å²) in [6.07, 6.45) is 1.96. The number of fused-ring (bicyclic) bond motifs is 1. The minimum atomic E-state index is -0.197. The number of rotatable bonds is 3. The minimum absolute atomic E-state index is 0.0510. The van der Waals surface area contributed by atoms with Crippen LogP contribution in [-0.2, 0) is 11.2 Å². The zero-order chi connectivity index (χ0) is 13.1. The van der Waals surface area contributed by atoms with Gasteiger partial charge in [0, 0.05) is 12.2 Å². The summed E-state index contributed by atoms with van der Waals surface area (Å²) < 4.78 is 5.50. The molecule has 1 N–H and O–H groups in total. The van der Waals surface area contributed by atoms with Crippen molar-refractivity contribution in [3.05, 3.63) is 29.3 Å². The van der Waals surface area contributed by atoms with Gasteiger partial charge in [-0.2, -0.15) is 0 Å². The molecule has 1 unspecified atom stereocenters. The van der Waals surface area contributed by atoms with Crippen molar-refractivity contribution in [2.45, 2.75) is 39.7 Å². The minimum Gasteiger partial charge on any atom is -0.459 e. The Morgan fingerprint density at radius 1 is 1.33 bits per heavy atom. The largest absolute Gasteiger partial charge is 0.459 e. The monoisotopic (exact) mass is 247 g/mol. The molecule has 1 aliphatic rings. The molecule has 0 radical (unpaired) electrons. The number of benzene rings is 1. The van der Waals surface area contributed by atoms with E-state index in [4.69, 9.17) is 4.74 Å².